The third-order valence-electron chi connectivity index (χ3n) is 3.56. The van der Waals surface area contributed by atoms with E-state index in [-0.39, 0.29) is 13.2 Å². The minimum Gasteiger partial charge on any atom is -0.480 e. The highest BCUT2D eigenvalue weighted by atomic mass is 16.5. The van der Waals surface area contributed by atoms with Gasteiger partial charge in [0.2, 0.25) is 5.91 Å². The molecule has 2 rings (SSSR count). The van der Waals surface area contributed by atoms with Crippen molar-refractivity contribution in [2.45, 2.75) is 25.6 Å². The number of carbonyl (C=O) groups excluding carboxylic acids is 1. The van der Waals surface area contributed by atoms with Gasteiger partial charge in [-0.2, -0.15) is 0 Å². The van der Waals surface area contributed by atoms with Crippen LogP contribution in [0.15, 0.2) is 60.7 Å². The molecule has 0 aliphatic carbocycles. The molecule has 25 heavy (non-hydrogen) atoms. The van der Waals surface area contributed by atoms with Crippen molar-refractivity contribution in [1.29, 1.82) is 0 Å². The fourth-order valence-corrected chi connectivity index (χ4v) is 2.19. The first kappa shape index (κ1) is 18.5. The molecule has 0 radical (unpaired) electrons. The average molecular weight is 342 g/mol. The maximum absolute atomic E-state index is 12.2. The van der Waals surface area contributed by atoms with Crippen LogP contribution in [0, 0.1) is 0 Å². The molecule has 0 heterocycles. The van der Waals surface area contributed by atoms with E-state index in [2.05, 4.69) is 10.6 Å². The molecule has 6 heteroatoms. The number of carboxylic acid groups (broad SMARTS) is 1. The van der Waals surface area contributed by atoms with Crippen molar-refractivity contribution in [3.05, 3.63) is 66.2 Å². The van der Waals surface area contributed by atoms with Gasteiger partial charge in [-0.25, -0.2) is 4.79 Å². The van der Waals surface area contributed by atoms with Crippen LogP contribution in [0.1, 0.15) is 12.5 Å². The summed E-state index contributed by atoms with van der Waals surface area (Å²) in [5, 5.41) is 14.8. The molecule has 3 N–H and O–H groups in total. The zero-order chi connectivity index (χ0) is 18.1. The summed E-state index contributed by atoms with van der Waals surface area (Å²) in [5.41, 5.74) is 1.73. The zero-order valence-electron chi connectivity index (χ0n) is 14.0. The van der Waals surface area contributed by atoms with Crippen LogP contribution >= 0.6 is 0 Å². The number of carbonyl (C=O) groups is 2. The first-order valence-electron chi connectivity index (χ1n) is 8.02. The lowest BCUT2D eigenvalue weighted by Gasteiger charge is -2.19. The summed E-state index contributed by atoms with van der Waals surface area (Å²) in [6, 6.07) is 17.0. The van der Waals surface area contributed by atoms with E-state index in [1.54, 1.807) is 6.92 Å². The Kier molecular flexibility index (Phi) is 6.98. The monoisotopic (exact) mass is 342 g/mol. The fourth-order valence-electron chi connectivity index (χ4n) is 2.19. The molecule has 0 bridgehead atoms. The highest BCUT2D eigenvalue weighted by Crippen LogP contribution is 2.07. The Morgan fingerprint density at radius 3 is 2.24 bits per heavy atom. The van der Waals surface area contributed by atoms with E-state index in [9.17, 15) is 14.7 Å². The van der Waals surface area contributed by atoms with E-state index in [0.717, 1.165) is 11.3 Å². The molecule has 0 aromatic heterocycles. The standard InChI is InChI=1S/C19H22N2O4/c1-14(20-16-10-6-3-7-11-16)18(22)21-17(19(23)24)13-25-12-15-8-4-2-5-9-15/h2-11,14,17,20H,12-13H2,1H3,(H,21,22)(H,23,24)/t14-,17-/m0/s1. The van der Waals surface area contributed by atoms with Gasteiger partial charge in [0.25, 0.3) is 0 Å². The number of benzene rings is 2. The molecule has 0 saturated carbocycles. The lowest BCUT2D eigenvalue weighted by molar-refractivity contribution is -0.143. The Hall–Kier alpha value is -2.86. The minimum atomic E-state index is -1.13. The van der Waals surface area contributed by atoms with Crippen molar-refractivity contribution in [3.8, 4) is 0 Å². The molecule has 0 aliphatic heterocycles. The number of carboxylic acids is 1. The van der Waals surface area contributed by atoms with Gasteiger partial charge >= 0.3 is 5.97 Å². The second-order valence-corrected chi connectivity index (χ2v) is 5.63. The van der Waals surface area contributed by atoms with Crippen molar-refractivity contribution in [2.24, 2.45) is 0 Å². The second-order valence-electron chi connectivity index (χ2n) is 5.63. The molecular weight excluding hydrogens is 320 g/mol. The van der Waals surface area contributed by atoms with E-state index in [0.29, 0.717) is 0 Å². The number of hydrogen-bond acceptors (Lipinski definition) is 4. The number of amides is 1. The van der Waals surface area contributed by atoms with Crippen LogP contribution in [0.3, 0.4) is 0 Å². The smallest absolute Gasteiger partial charge is 0.328 e. The largest absolute Gasteiger partial charge is 0.480 e. The number of rotatable bonds is 9. The molecule has 1 amide bonds. The summed E-state index contributed by atoms with van der Waals surface area (Å²) in [6.07, 6.45) is 0. The van der Waals surface area contributed by atoms with Crippen molar-refractivity contribution in [3.63, 3.8) is 0 Å². The van der Waals surface area contributed by atoms with E-state index in [1.807, 2.05) is 60.7 Å². The number of anilines is 1. The second kappa shape index (κ2) is 9.44. The maximum atomic E-state index is 12.2. The predicted octanol–water partition coefficient (Wildman–Crippen LogP) is 2.27. The lowest BCUT2D eigenvalue weighted by Crippen LogP contribution is -2.49. The topological polar surface area (TPSA) is 87.7 Å². The molecule has 132 valence electrons. The van der Waals surface area contributed by atoms with Gasteiger partial charge < -0.3 is 20.5 Å². The molecule has 2 atom stereocenters. The highest BCUT2D eigenvalue weighted by Gasteiger charge is 2.23. The van der Waals surface area contributed by atoms with E-state index >= 15 is 0 Å². The highest BCUT2D eigenvalue weighted by molar-refractivity contribution is 5.88. The molecule has 0 unspecified atom stereocenters. The molecule has 0 fully saturated rings. The number of hydrogen-bond donors (Lipinski definition) is 3. The number of nitrogens with one attached hydrogen (secondary N) is 2. The van der Waals surface area contributed by atoms with Crippen LogP contribution in [0.4, 0.5) is 5.69 Å². The molecule has 2 aromatic carbocycles. The van der Waals surface area contributed by atoms with Crippen LogP contribution in [0.25, 0.3) is 0 Å². The first-order valence-corrected chi connectivity index (χ1v) is 8.02. The molecule has 0 saturated heterocycles. The lowest BCUT2D eigenvalue weighted by atomic mass is 10.2. The molecule has 0 aliphatic rings. The van der Waals surface area contributed by atoms with Crippen LogP contribution < -0.4 is 10.6 Å². The van der Waals surface area contributed by atoms with E-state index < -0.39 is 24.0 Å². The third-order valence-corrected chi connectivity index (χ3v) is 3.56. The zero-order valence-corrected chi connectivity index (χ0v) is 14.0. The Labute approximate surface area is 146 Å². The van der Waals surface area contributed by atoms with Gasteiger partial charge in [-0.15, -0.1) is 0 Å². The number of para-hydroxylation sites is 1. The Bertz CT molecular complexity index is 676. The van der Waals surface area contributed by atoms with Crippen LogP contribution in [0.2, 0.25) is 0 Å². The van der Waals surface area contributed by atoms with Gasteiger partial charge in [0, 0.05) is 5.69 Å². The van der Waals surface area contributed by atoms with Crippen molar-refractivity contribution in [2.75, 3.05) is 11.9 Å². The number of ether oxygens (including phenoxy) is 1. The normalized spacial score (nSPS) is 12.8. The van der Waals surface area contributed by atoms with Gasteiger partial charge in [0.05, 0.1) is 13.2 Å². The van der Waals surface area contributed by atoms with Crippen molar-refractivity contribution >= 4 is 17.6 Å². The SMILES string of the molecule is C[C@H](Nc1ccccc1)C(=O)N[C@@H](COCc1ccccc1)C(=O)O. The fraction of sp³-hybridized carbons (Fsp3) is 0.263. The van der Waals surface area contributed by atoms with Gasteiger partial charge in [0.1, 0.15) is 6.04 Å². The molecule has 2 aromatic rings. The predicted molar refractivity (Wildman–Crippen MR) is 95.2 cm³/mol. The third kappa shape index (κ3) is 6.27. The summed E-state index contributed by atoms with van der Waals surface area (Å²) < 4.78 is 5.43. The van der Waals surface area contributed by atoms with Gasteiger partial charge in [-0.1, -0.05) is 48.5 Å². The maximum Gasteiger partial charge on any atom is 0.328 e. The van der Waals surface area contributed by atoms with Gasteiger partial charge in [-0.3, -0.25) is 4.79 Å². The Morgan fingerprint density at radius 2 is 1.64 bits per heavy atom. The number of aliphatic carboxylic acids is 1. The van der Waals surface area contributed by atoms with Crippen LogP contribution in [-0.2, 0) is 20.9 Å². The van der Waals surface area contributed by atoms with Crippen molar-refractivity contribution < 1.29 is 19.4 Å². The summed E-state index contributed by atoms with van der Waals surface area (Å²) >= 11 is 0. The van der Waals surface area contributed by atoms with Crippen LogP contribution in [0.5, 0.6) is 0 Å². The quantitative estimate of drug-likeness (QED) is 0.651. The molecule has 0 spiro atoms. The summed E-state index contributed by atoms with van der Waals surface area (Å²) in [4.78, 5) is 23.5. The van der Waals surface area contributed by atoms with Gasteiger partial charge in [0.15, 0.2) is 6.04 Å². The first-order chi connectivity index (χ1) is 12.1. The van der Waals surface area contributed by atoms with Crippen molar-refractivity contribution in [1.82, 2.24) is 5.32 Å². The Balaban J connectivity index is 1.83. The molecule has 6 nitrogen and oxygen atoms in total. The summed E-state index contributed by atoms with van der Waals surface area (Å²) in [5.74, 6) is -1.53. The van der Waals surface area contributed by atoms with Gasteiger partial charge in [-0.05, 0) is 24.6 Å². The average Bonchev–Trinajstić information content (AvgIpc) is 2.62. The Morgan fingerprint density at radius 1 is 1.04 bits per heavy atom. The summed E-state index contributed by atoms with van der Waals surface area (Å²) in [6.45, 7) is 1.86. The summed E-state index contributed by atoms with van der Waals surface area (Å²) in [7, 11) is 0. The molecular formula is C19H22N2O4. The minimum absolute atomic E-state index is 0.103. The van der Waals surface area contributed by atoms with E-state index in [4.69, 9.17) is 4.74 Å². The van der Waals surface area contributed by atoms with E-state index in [1.165, 1.54) is 0 Å². The van der Waals surface area contributed by atoms with Crippen LogP contribution in [-0.4, -0.2) is 35.7 Å².